The molecule has 2 amide bonds. The Bertz CT molecular complexity index is 798. The maximum Gasteiger partial charge on any atom is 0.262 e. The maximum absolute atomic E-state index is 12.2. The van der Waals surface area contributed by atoms with E-state index in [-0.39, 0.29) is 24.5 Å². The summed E-state index contributed by atoms with van der Waals surface area (Å²) < 4.78 is 5.64. The molecule has 0 aliphatic rings. The molecule has 2 rings (SSSR count). The molecule has 0 radical (unpaired) electrons. The number of carbonyl (C=O) groups excluding carboxylic acids is 2. The maximum atomic E-state index is 12.2. The summed E-state index contributed by atoms with van der Waals surface area (Å²) in [5, 5.41) is 5.84. The van der Waals surface area contributed by atoms with E-state index in [2.05, 4.69) is 10.6 Å². The lowest BCUT2D eigenvalue weighted by molar-refractivity contribution is -0.118. The van der Waals surface area contributed by atoms with Gasteiger partial charge in [-0.2, -0.15) is 0 Å². The standard InChI is InChI=1S/C20H23ClN2O3/c1-12(2)22-20(25)15-8-9-16(21)17(10-15)23-18(24)11-26-19-13(3)6-5-7-14(19)4/h5-10,12H,11H2,1-4H3,(H,22,25)(H,23,24). The molecule has 26 heavy (non-hydrogen) atoms. The molecule has 0 saturated carbocycles. The molecule has 2 aromatic carbocycles. The van der Waals surface area contributed by atoms with Crippen LogP contribution in [0.5, 0.6) is 5.75 Å². The van der Waals surface area contributed by atoms with Crippen molar-refractivity contribution in [2.24, 2.45) is 0 Å². The molecule has 0 saturated heterocycles. The fourth-order valence-corrected chi connectivity index (χ4v) is 2.62. The van der Waals surface area contributed by atoms with Gasteiger partial charge in [0.2, 0.25) is 0 Å². The molecule has 0 spiro atoms. The van der Waals surface area contributed by atoms with Crippen molar-refractivity contribution in [3.63, 3.8) is 0 Å². The minimum absolute atomic E-state index is 0.0157. The molecule has 0 aromatic heterocycles. The van der Waals surface area contributed by atoms with Gasteiger partial charge < -0.3 is 15.4 Å². The molecule has 0 atom stereocenters. The second-order valence-electron chi connectivity index (χ2n) is 6.38. The summed E-state index contributed by atoms with van der Waals surface area (Å²) in [6.07, 6.45) is 0. The predicted octanol–water partition coefficient (Wildman–Crippen LogP) is 4.11. The molecule has 138 valence electrons. The van der Waals surface area contributed by atoms with E-state index in [4.69, 9.17) is 16.3 Å². The lowest BCUT2D eigenvalue weighted by Gasteiger charge is -2.13. The molecule has 0 unspecified atom stereocenters. The van der Waals surface area contributed by atoms with Crippen molar-refractivity contribution >= 4 is 29.1 Å². The van der Waals surface area contributed by atoms with E-state index in [1.807, 2.05) is 45.9 Å². The molecule has 2 N–H and O–H groups in total. The van der Waals surface area contributed by atoms with Crippen LogP contribution in [-0.4, -0.2) is 24.5 Å². The third-order valence-corrected chi connectivity index (χ3v) is 4.01. The number of para-hydroxylation sites is 1. The summed E-state index contributed by atoms with van der Waals surface area (Å²) >= 11 is 6.13. The number of hydrogen-bond acceptors (Lipinski definition) is 3. The second kappa shape index (κ2) is 8.72. The first-order valence-corrected chi connectivity index (χ1v) is 8.75. The lowest BCUT2D eigenvalue weighted by atomic mass is 10.1. The number of hydrogen-bond donors (Lipinski definition) is 2. The number of carbonyl (C=O) groups is 2. The van der Waals surface area contributed by atoms with Gasteiger partial charge in [-0.1, -0.05) is 29.8 Å². The lowest BCUT2D eigenvalue weighted by Crippen LogP contribution is -2.30. The summed E-state index contributed by atoms with van der Waals surface area (Å²) in [7, 11) is 0. The fraction of sp³-hybridized carbons (Fsp3) is 0.300. The van der Waals surface area contributed by atoms with Crippen molar-refractivity contribution in [1.82, 2.24) is 5.32 Å². The number of rotatable bonds is 6. The Kier molecular flexibility index (Phi) is 6.64. The van der Waals surface area contributed by atoms with Crippen molar-refractivity contribution in [3.05, 3.63) is 58.1 Å². The van der Waals surface area contributed by atoms with Crippen LogP contribution in [0.25, 0.3) is 0 Å². The molecule has 6 heteroatoms. The SMILES string of the molecule is Cc1cccc(C)c1OCC(=O)Nc1cc(C(=O)NC(C)C)ccc1Cl. The van der Waals surface area contributed by atoms with Gasteiger partial charge in [0, 0.05) is 11.6 Å². The Morgan fingerprint density at radius 1 is 1.12 bits per heavy atom. The van der Waals surface area contributed by atoms with Crippen LogP contribution >= 0.6 is 11.6 Å². The summed E-state index contributed by atoms with van der Waals surface area (Å²) in [6.45, 7) is 7.45. The van der Waals surface area contributed by atoms with Crippen LogP contribution in [0.3, 0.4) is 0 Å². The highest BCUT2D eigenvalue weighted by atomic mass is 35.5. The van der Waals surface area contributed by atoms with E-state index < -0.39 is 0 Å². The molecule has 0 bridgehead atoms. The number of benzene rings is 2. The monoisotopic (exact) mass is 374 g/mol. The van der Waals surface area contributed by atoms with Crippen LogP contribution in [0.15, 0.2) is 36.4 Å². The molecule has 0 fully saturated rings. The van der Waals surface area contributed by atoms with Gasteiger partial charge in [0.05, 0.1) is 10.7 Å². The second-order valence-corrected chi connectivity index (χ2v) is 6.79. The fourth-order valence-electron chi connectivity index (χ4n) is 2.46. The van der Waals surface area contributed by atoms with Gasteiger partial charge in [-0.3, -0.25) is 9.59 Å². The number of nitrogens with one attached hydrogen (secondary N) is 2. The van der Waals surface area contributed by atoms with Gasteiger partial charge in [-0.15, -0.1) is 0 Å². The quantitative estimate of drug-likeness (QED) is 0.799. The first-order chi connectivity index (χ1) is 12.3. The van der Waals surface area contributed by atoms with E-state index in [1.54, 1.807) is 18.2 Å². The van der Waals surface area contributed by atoms with Crippen molar-refractivity contribution < 1.29 is 14.3 Å². The molecule has 2 aromatic rings. The van der Waals surface area contributed by atoms with Crippen LogP contribution in [0, 0.1) is 13.8 Å². The minimum Gasteiger partial charge on any atom is -0.483 e. The normalized spacial score (nSPS) is 10.5. The molecule has 0 aliphatic heterocycles. The van der Waals surface area contributed by atoms with Gasteiger partial charge >= 0.3 is 0 Å². The van der Waals surface area contributed by atoms with Gasteiger partial charge in [-0.05, 0) is 57.0 Å². The zero-order chi connectivity index (χ0) is 19.3. The van der Waals surface area contributed by atoms with Gasteiger partial charge in [0.1, 0.15) is 5.75 Å². The number of aryl methyl sites for hydroxylation is 2. The first kappa shape index (κ1) is 19.8. The average Bonchev–Trinajstić information content (AvgIpc) is 2.55. The summed E-state index contributed by atoms with van der Waals surface area (Å²) in [6, 6.07) is 10.5. The topological polar surface area (TPSA) is 67.4 Å². The zero-order valence-corrected chi connectivity index (χ0v) is 16.1. The minimum atomic E-state index is -0.351. The Balaban J connectivity index is 2.05. The van der Waals surface area contributed by atoms with Crippen LogP contribution in [0.4, 0.5) is 5.69 Å². The van der Waals surface area contributed by atoms with E-state index in [9.17, 15) is 9.59 Å². The summed E-state index contributed by atoms with van der Waals surface area (Å²) in [4.78, 5) is 24.3. The number of amides is 2. The van der Waals surface area contributed by atoms with Gasteiger partial charge in [0.15, 0.2) is 6.61 Å². The Morgan fingerprint density at radius 3 is 2.38 bits per heavy atom. The van der Waals surface area contributed by atoms with Crippen molar-refractivity contribution in [3.8, 4) is 5.75 Å². The Morgan fingerprint density at radius 2 is 1.77 bits per heavy atom. The van der Waals surface area contributed by atoms with Crippen LogP contribution in [0.2, 0.25) is 5.02 Å². The Labute approximate surface area is 158 Å². The summed E-state index contributed by atoms with van der Waals surface area (Å²) in [5.41, 5.74) is 2.72. The number of anilines is 1. The van der Waals surface area contributed by atoms with Crippen LogP contribution in [0.1, 0.15) is 35.3 Å². The number of halogens is 1. The molecular formula is C20H23ClN2O3. The zero-order valence-electron chi connectivity index (χ0n) is 15.4. The highest BCUT2D eigenvalue weighted by Crippen LogP contribution is 2.24. The predicted molar refractivity (Wildman–Crippen MR) is 104 cm³/mol. The van der Waals surface area contributed by atoms with Crippen LogP contribution in [-0.2, 0) is 4.79 Å². The van der Waals surface area contributed by atoms with E-state index >= 15 is 0 Å². The molecular weight excluding hydrogens is 352 g/mol. The smallest absolute Gasteiger partial charge is 0.262 e. The third-order valence-electron chi connectivity index (χ3n) is 3.68. The molecule has 5 nitrogen and oxygen atoms in total. The average molecular weight is 375 g/mol. The first-order valence-electron chi connectivity index (χ1n) is 8.37. The number of ether oxygens (including phenoxy) is 1. The molecule has 0 aliphatic carbocycles. The van der Waals surface area contributed by atoms with Crippen molar-refractivity contribution in [1.29, 1.82) is 0 Å². The van der Waals surface area contributed by atoms with E-state index in [1.165, 1.54) is 0 Å². The largest absolute Gasteiger partial charge is 0.483 e. The van der Waals surface area contributed by atoms with E-state index in [0.717, 1.165) is 11.1 Å². The Hall–Kier alpha value is -2.53. The van der Waals surface area contributed by atoms with E-state index in [0.29, 0.717) is 22.0 Å². The van der Waals surface area contributed by atoms with Crippen LogP contribution < -0.4 is 15.4 Å². The summed E-state index contributed by atoms with van der Waals surface area (Å²) in [5.74, 6) is 0.119. The van der Waals surface area contributed by atoms with Crippen molar-refractivity contribution in [2.75, 3.05) is 11.9 Å². The highest BCUT2D eigenvalue weighted by molar-refractivity contribution is 6.33. The highest BCUT2D eigenvalue weighted by Gasteiger charge is 2.13. The molecule has 0 heterocycles. The van der Waals surface area contributed by atoms with Gasteiger partial charge in [-0.25, -0.2) is 0 Å². The third kappa shape index (κ3) is 5.23. The van der Waals surface area contributed by atoms with Gasteiger partial charge in [0.25, 0.3) is 11.8 Å². The van der Waals surface area contributed by atoms with Crippen molar-refractivity contribution in [2.45, 2.75) is 33.7 Å².